The first-order valence-corrected chi connectivity index (χ1v) is 16.5. The zero-order valence-electron chi connectivity index (χ0n) is 33.4. The Labute approximate surface area is 255 Å². The van der Waals surface area contributed by atoms with Crippen LogP contribution in [0.2, 0.25) is 0 Å². The summed E-state index contributed by atoms with van der Waals surface area (Å²) in [6.45, 7) is 59.1. The summed E-state index contributed by atoms with van der Waals surface area (Å²) >= 11 is 0. The Kier molecular flexibility index (Phi) is 25.0. The first-order valence-electron chi connectivity index (χ1n) is 16.5. The Hall–Kier alpha value is 0. The second kappa shape index (κ2) is 20.0. The van der Waals surface area contributed by atoms with Gasteiger partial charge in [0.05, 0.1) is 0 Å². The number of hydrogen-bond acceptors (Lipinski definition) is 0. The molecule has 0 spiro atoms. The van der Waals surface area contributed by atoms with Crippen LogP contribution in [0, 0.1) is 56.2 Å². The van der Waals surface area contributed by atoms with E-state index in [1.165, 1.54) is 19.3 Å². The maximum Gasteiger partial charge on any atom is -0.0357 e. The normalized spacial score (nSPS) is 13.8. The van der Waals surface area contributed by atoms with E-state index in [-0.39, 0.29) is 0 Å². The molecule has 1 atom stereocenters. The van der Waals surface area contributed by atoms with E-state index in [4.69, 9.17) is 0 Å². The SMILES string of the molecule is CC(C)(C)CC(C)(C)C.CC(C)C(C)(C)C.CC(C)C(C)(C)C.CC(C)CC(C)(C)C.CCC(C)C(C)(C)C. The Morgan fingerprint density at radius 1 is 0.385 bits per heavy atom. The van der Waals surface area contributed by atoms with Gasteiger partial charge in [-0.25, -0.2) is 0 Å². The van der Waals surface area contributed by atoms with Crippen LogP contribution in [0.4, 0.5) is 0 Å². The molecule has 0 nitrogen and oxygen atoms in total. The molecule has 0 radical (unpaired) electrons. The lowest BCUT2D eigenvalue weighted by Crippen LogP contribution is -2.16. The highest BCUT2D eigenvalue weighted by Gasteiger charge is 2.20. The molecule has 39 heavy (non-hydrogen) atoms. The summed E-state index contributed by atoms with van der Waals surface area (Å²) in [6, 6.07) is 0. The van der Waals surface area contributed by atoms with E-state index >= 15 is 0 Å². The van der Waals surface area contributed by atoms with Crippen molar-refractivity contribution < 1.29 is 0 Å². The molecule has 0 heterocycles. The van der Waals surface area contributed by atoms with Crippen LogP contribution >= 0.6 is 0 Å². The van der Waals surface area contributed by atoms with Gasteiger partial charge in [-0.15, -0.1) is 0 Å². The van der Waals surface area contributed by atoms with Crippen molar-refractivity contribution in [3.8, 4) is 0 Å². The zero-order valence-corrected chi connectivity index (χ0v) is 33.4. The van der Waals surface area contributed by atoms with Gasteiger partial charge in [-0.05, 0) is 69.0 Å². The first-order chi connectivity index (χ1) is 16.5. The van der Waals surface area contributed by atoms with Crippen molar-refractivity contribution in [2.24, 2.45) is 56.2 Å². The van der Waals surface area contributed by atoms with Gasteiger partial charge in [0.25, 0.3) is 0 Å². The van der Waals surface area contributed by atoms with Crippen molar-refractivity contribution in [2.75, 3.05) is 0 Å². The van der Waals surface area contributed by atoms with Crippen LogP contribution < -0.4 is 0 Å². The third kappa shape index (κ3) is 51.2. The molecule has 1 unspecified atom stereocenters. The van der Waals surface area contributed by atoms with E-state index in [0.29, 0.717) is 32.5 Å². The van der Waals surface area contributed by atoms with Crippen molar-refractivity contribution in [2.45, 2.75) is 199 Å². The van der Waals surface area contributed by atoms with Crippen LogP contribution in [-0.2, 0) is 0 Å². The van der Waals surface area contributed by atoms with Gasteiger partial charge in [-0.3, -0.25) is 0 Å². The van der Waals surface area contributed by atoms with Crippen LogP contribution in [0.1, 0.15) is 199 Å². The van der Waals surface area contributed by atoms with Gasteiger partial charge in [0.1, 0.15) is 0 Å². The van der Waals surface area contributed by atoms with E-state index in [2.05, 4.69) is 180 Å². The summed E-state index contributed by atoms with van der Waals surface area (Å²) < 4.78 is 0. The van der Waals surface area contributed by atoms with Gasteiger partial charge in [0.15, 0.2) is 0 Å². The quantitative estimate of drug-likeness (QED) is 0.317. The molecule has 244 valence electrons. The van der Waals surface area contributed by atoms with Crippen LogP contribution in [-0.4, -0.2) is 0 Å². The molecule has 0 aliphatic rings. The Morgan fingerprint density at radius 3 is 0.615 bits per heavy atom. The lowest BCUT2D eigenvalue weighted by molar-refractivity contribution is 0.233. The van der Waals surface area contributed by atoms with Crippen LogP contribution in [0.3, 0.4) is 0 Å². The van der Waals surface area contributed by atoms with Crippen LogP contribution in [0.15, 0.2) is 0 Å². The molecule has 0 bridgehead atoms. The molecular weight excluding hydrogens is 468 g/mol. The highest BCUT2D eigenvalue weighted by molar-refractivity contribution is 4.71. The molecule has 0 aliphatic heterocycles. The monoisotopic (exact) mass is 557 g/mol. The molecule has 0 N–H and O–H groups in total. The van der Waals surface area contributed by atoms with Gasteiger partial charge in [-0.2, -0.15) is 0 Å². The van der Waals surface area contributed by atoms with Gasteiger partial charge in [0, 0.05) is 0 Å². The molecule has 0 aromatic rings. The van der Waals surface area contributed by atoms with E-state index in [1.807, 2.05) is 0 Å². The van der Waals surface area contributed by atoms with E-state index < -0.39 is 0 Å². The molecule has 0 aliphatic carbocycles. The van der Waals surface area contributed by atoms with Crippen molar-refractivity contribution in [3.05, 3.63) is 0 Å². The minimum Gasteiger partial charge on any atom is -0.0651 e. The van der Waals surface area contributed by atoms with E-state index in [9.17, 15) is 0 Å². The maximum atomic E-state index is 2.31. The molecule has 0 aromatic heterocycles. The highest BCUT2D eigenvalue weighted by atomic mass is 14.3. The predicted octanol–water partition coefficient (Wildman–Crippen LogP) is 15.0. The summed E-state index contributed by atoms with van der Waals surface area (Å²) in [4.78, 5) is 0. The largest absolute Gasteiger partial charge is 0.0651 e. The molecular formula is C39H88. The Morgan fingerprint density at radius 2 is 0.615 bits per heavy atom. The minimum absolute atomic E-state index is 0.484. The summed E-state index contributed by atoms with van der Waals surface area (Å²) in [5.41, 5.74) is 3.00. The number of hydrogen-bond donors (Lipinski definition) is 0. The summed E-state index contributed by atoms with van der Waals surface area (Å²) in [7, 11) is 0. The lowest BCUT2D eigenvalue weighted by Gasteiger charge is -2.28. The molecule has 0 fully saturated rings. The van der Waals surface area contributed by atoms with Crippen LogP contribution in [0.5, 0.6) is 0 Å². The standard InChI is InChI=1S/C9H20.2C8H18.2C7H16/c1-8(2,3)7-9(4,5)6;1-7(2)6-8(3,4)5;1-6-7(2)8(3,4)5;2*1-6(2)7(3,4)5/h7H2,1-6H3;2*7H,6H2,1-5H3;2*6H,1-5H3. The average Bonchev–Trinajstić information content (AvgIpc) is 2.55. The molecule has 0 rings (SSSR count). The topological polar surface area (TPSA) is 0 Å². The molecule has 0 saturated heterocycles. The van der Waals surface area contributed by atoms with Crippen molar-refractivity contribution in [3.63, 3.8) is 0 Å². The third-order valence-corrected chi connectivity index (χ3v) is 7.64. The Bertz CT molecular complexity index is 486. The average molecular weight is 557 g/mol. The predicted molar refractivity (Wildman–Crippen MR) is 190 cm³/mol. The Balaban J connectivity index is -0.000000124. The van der Waals surface area contributed by atoms with E-state index in [1.54, 1.807) is 0 Å². The minimum atomic E-state index is 0.484. The summed E-state index contributed by atoms with van der Waals surface area (Å²) in [5.74, 6) is 3.29. The van der Waals surface area contributed by atoms with Gasteiger partial charge >= 0.3 is 0 Å². The van der Waals surface area contributed by atoms with Gasteiger partial charge < -0.3 is 0 Å². The number of rotatable bonds is 2. The highest BCUT2D eigenvalue weighted by Crippen LogP contribution is 2.32. The fourth-order valence-corrected chi connectivity index (χ4v) is 3.43. The zero-order chi connectivity index (χ0) is 33.4. The van der Waals surface area contributed by atoms with Crippen LogP contribution in [0.25, 0.3) is 0 Å². The van der Waals surface area contributed by atoms with E-state index in [0.717, 1.165) is 23.7 Å². The fourth-order valence-electron chi connectivity index (χ4n) is 3.43. The second-order valence-electron chi connectivity index (χ2n) is 20.2. The molecule has 0 amide bonds. The van der Waals surface area contributed by atoms with Crippen molar-refractivity contribution in [1.29, 1.82) is 0 Å². The van der Waals surface area contributed by atoms with Crippen molar-refractivity contribution >= 4 is 0 Å². The summed E-state index contributed by atoms with van der Waals surface area (Å²) in [5, 5.41) is 0. The lowest BCUT2D eigenvalue weighted by atomic mass is 9.78. The van der Waals surface area contributed by atoms with Gasteiger partial charge in [-0.1, -0.05) is 186 Å². The smallest absolute Gasteiger partial charge is 0.0357 e. The first kappa shape index (κ1) is 48.7. The van der Waals surface area contributed by atoms with Gasteiger partial charge in [0.2, 0.25) is 0 Å². The second-order valence-corrected chi connectivity index (χ2v) is 20.2. The molecule has 0 aromatic carbocycles. The molecule has 0 saturated carbocycles. The summed E-state index contributed by atoms with van der Waals surface area (Å²) in [6.07, 6.45) is 3.91. The fraction of sp³-hybridized carbons (Fsp3) is 1.00. The van der Waals surface area contributed by atoms with Crippen molar-refractivity contribution in [1.82, 2.24) is 0 Å². The maximum absolute atomic E-state index is 2.31. The third-order valence-electron chi connectivity index (χ3n) is 7.64. The molecule has 0 heteroatoms.